The van der Waals surface area contributed by atoms with E-state index in [1.54, 1.807) is 0 Å². The number of fused-ring (bicyclic) bond motifs is 1. The van der Waals surface area contributed by atoms with Crippen LogP contribution in [0.4, 0.5) is 0 Å². The fourth-order valence-corrected chi connectivity index (χ4v) is 3.47. The molecule has 0 unspecified atom stereocenters. The average molecular weight is 283 g/mol. The fourth-order valence-electron chi connectivity index (χ4n) is 2.81. The van der Waals surface area contributed by atoms with Gasteiger partial charge in [-0.05, 0) is 41.0 Å². The van der Waals surface area contributed by atoms with Crippen molar-refractivity contribution >= 4 is 11.8 Å². The van der Waals surface area contributed by atoms with Crippen LogP contribution in [0.3, 0.4) is 0 Å². The Morgan fingerprint density at radius 3 is 2.50 bits per heavy atom. The Morgan fingerprint density at radius 1 is 1.00 bits per heavy atom. The number of hydrogen-bond acceptors (Lipinski definition) is 2. The van der Waals surface area contributed by atoms with Crippen LogP contribution in [0.2, 0.25) is 0 Å². The quantitative estimate of drug-likeness (QED) is 0.767. The summed E-state index contributed by atoms with van der Waals surface area (Å²) in [6.07, 6.45) is 1.18. The molecule has 104 valence electrons. The van der Waals surface area contributed by atoms with Crippen molar-refractivity contribution in [3.05, 3.63) is 65.2 Å². The molecular weight excluding hydrogens is 262 g/mol. The molecule has 0 atom stereocenters. The van der Waals surface area contributed by atoms with E-state index < -0.39 is 0 Å². The minimum atomic E-state index is 1.06. The number of hydrogen-bond donors (Lipinski definition) is 0. The van der Waals surface area contributed by atoms with E-state index in [0.29, 0.717) is 0 Å². The number of rotatable bonds is 4. The first-order valence-electron chi connectivity index (χ1n) is 7.36. The third-order valence-corrected chi connectivity index (χ3v) is 4.74. The van der Waals surface area contributed by atoms with E-state index in [9.17, 15) is 0 Å². The molecule has 1 heterocycles. The molecule has 0 aromatic heterocycles. The first kappa shape index (κ1) is 13.7. The third kappa shape index (κ3) is 3.25. The van der Waals surface area contributed by atoms with Gasteiger partial charge in [-0.2, -0.15) is 0 Å². The Bertz CT molecular complexity index is 562. The summed E-state index contributed by atoms with van der Waals surface area (Å²) < 4.78 is 0. The summed E-state index contributed by atoms with van der Waals surface area (Å²) in [7, 11) is 0. The van der Waals surface area contributed by atoms with Crippen molar-refractivity contribution in [2.75, 3.05) is 12.3 Å². The summed E-state index contributed by atoms with van der Waals surface area (Å²) in [5, 5.41) is 0. The lowest BCUT2D eigenvalue weighted by Crippen LogP contribution is -2.29. The van der Waals surface area contributed by atoms with Gasteiger partial charge in [0.1, 0.15) is 0 Å². The Kier molecular flexibility index (Phi) is 4.44. The molecule has 0 radical (unpaired) electrons. The fraction of sp³-hybridized carbons (Fsp3) is 0.333. The van der Waals surface area contributed by atoms with E-state index in [0.717, 1.165) is 18.8 Å². The number of thioether (sulfide) groups is 1. The lowest BCUT2D eigenvalue weighted by molar-refractivity contribution is 0.245. The van der Waals surface area contributed by atoms with Gasteiger partial charge < -0.3 is 0 Å². The Labute approximate surface area is 126 Å². The van der Waals surface area contributed by atoms with Crippen LogP contribution in [0.5, 0.6) is 0 Å². The lowest BCUT2D eigenvalue weighted by Gasteiger charge is -2.28. The zero-order valence-corrected chi connectivity index (χ0v) is 12.8. The molecule has 0 bridgehead atoms. The van der Waals surface area contributed by atoms with Gasteiger partial charge in [0, 0.05) is 24.5 Å². The SMILES string of the molecule is CCSc1ccc(CN2CCc3ccccc3C2)cc1. The number of nitrogens with zero attached hydrogens (tertiary/aromatic N) is 1. The standard InChI is InChI=1S/C18H21NS/c1-2-20-18-9-7-15(8-10-18)13-19-12-11-16-5-3-4-6-17(16)14-19/h3-10H,2,11-14H2,1H3. The van der Waals surface area contributed by atoms with Crippen LogP contribution < -0.4 is 0 Å². The second-order valence-corrected chi connectivity index (χ2v) is 6.64. The molecule has 2 aromatic rings. The van der Waals surface area contributed by atoms with Crippen LogP contribution in [0.25, 0.3) is 0 Å². The molecule has 0 fully saturated rings. The van der Waals surface area contributed by atoms with E-state index >= 15 is 0 Å². The molecule has 2 aromatic carbocycles. The smallest absolute Gasteiger partial charge is 0.0240 e. The van der Waals surface area contributed by atoms with E-state index in [1.165, 1.54) is 34.6 Å². The van der Waals surface area contributed by atoms with Gasteiger partial charge in [-0.25, -0.2) is 0 Å². The zero-order chi connectivity index (χ0) is 13.8. The van der Waals surface area contributed by atoms with E-state index in [-0.39, 0.29) is 0 Å². The molecule has 0 amide bonds. The predicted molar refractivity (Wildman–Crippen MR) is 87.1 cm³/mol. The molecule has 1 nitrogen and oxygen atoms in total. The Morgan fingerprint density at radius 2 is 1.75 bits per heavy atom. The molecule has 0 saturated heterocycles. The second kappa shape index (κ2) is 6.47. The average Bonchev–Trinajstić information content (AvgIpc) is 2.49. The van der Waals surface area contributed by atoms with E-state index in [2.05, 4.69) is 60.4 Å². The molecule has 0 spiro atoms. The maximum atomic E-state index is 2.55. The van der Waals surface area contributed by atoms with Crippen molar-refractivity contribution < 1.29 is 0 Å². The lowest BCUT2D eigenvalue weighted by atomic mass is 9.99. The van der Waals surface area contributed by atoms with Crippen LogP contribution in [-0.2, 0) is 19.5 Å². The molecule has 0 saturated carbocycles. The second-order valence-electron chi connectivity index (χ2n) is 5.31. The summed E-state index contributed by atoms with van der Waals surface area (Å²) in [4.78, 5) is 3.92. The Hall–Kier alpha value is -1.25. The van der Waals surface area contributed by atoms with Crippen molar-refractivity contribution in [3.8, 4) is 0 Å². The van der Waals surface area contributed by atoms with Gasteiger partial charge in [-0.1, -0.05) is 43.3 Å². The summed E-state index contributed by atoms with van der Waals surface area (Å²) in [5.74, 6) is 1.14. The van der Waals surface area contributed by atoms with Crippen molar-refractivity contribution in [1.82, 2.24) is 4.90 Å². The molecule has 2 heteroatoms. The van der Waals surface area contributed by atoms with Gasteiger partial charge in [0.2, 0.25) is 0 Å². The molecule has 1 aliphatic rings. The van der Waals surface area contributed by atoms with Gasteiger partial charge >= 0.3 is 0 Å². The van der Waals surface area contributed by atoms with Gasteiger partial charge in [0.25, 0.3) is 0 Å². The third-order valence-electron chi connectivity index (χ3n) is 3.85. The predicted octanol–water partition coefficient (Wildman–Crippen LogP) is 4.36. The maximum Gasteiger partial charge on any atom is 0.0240 e. The molecule has 0 aliphatic carbocycles. The minimum absolute atomic E-state index is 1.06. The molecule has 3 rings (SSSR count). The summed E-state index contributed by atoms with van der Waals surface area (Å²) in [6, 6.07) is 17.9. The summed E-state index contributed by atoms with van der Waals surface area (Å²) in [6.45, 7) is 5.51. The molecule has 1 aliphatic heterocycles. The maximum absolute atomic E-state index is 2.55. The van der Waals surface area contributed by atoms with Gasteiger partial charge in [0.05, 0.1) is 0 Å². The number of benzene rings is 2. The summed E-state index contributed by atoms with van der Waals surface area (Å²) >= 11 is 1.91. The van der Waals surface area contributed by atoms with Crippen LogP contribution >= 0.6 is 11.8 Å². The topological polar surface area (TPSA) is 3.24 Å². The zero-order valence-electron chi connectivity index (χ0n) is 12.0. The van der Waals surface area contributed by atoms with Gasteiger partial charge in [-0.15, -0.1) is 11.8 Å². The highest BCUT2D eigenvalue weighted by Gasteiger charge is 2.15. The van der Waals surface area contributed by atoms with Crippen molar-refractivity contribution in [1.29, 1.82) is 0 Å². The first-order chi connectivity index (χ1) is 9.85. The monoisotopic (exact) mass is 283 g/mol. The van der Waals surface area contributed by atoms with E-state index in [1.807, 2.05) is 11.8 Å². The first-order valence-corrected chi connectivity index (χ1v) is 8.34. The summed E-state index contributed by atoms with van der Waals surface area (Å²) in [5.41, 5.74) is 4.44. The van der Waals surface area contributed by atoms with Crippen molar-refractivity contribution in [2.45, 2.75) is 31.3 Å². The Balaban J connectivity index is 1.64. The van der Waals surface area contributed by atoms with Crippen LogP contribution in [0, 0.1) is 0 Å². The molecular formula is C18H21NS. The largest absolute Gasteiger partial charge is 0.294 e. The van der Waals surface area contributed by atoms with Crippen LogP contribution in [0.1, 0.15) is 23.6 Å². The van der Waals surface area contributed by atoms with Crippen molar-refractivity contribution in [2.24, 2.45) is 0 Å². The highest BCUT2D eigenvalue weighted by molar-refractivity contribution is 7.99. The normalized spacial score (nSPS) is 15.1. The van der Waals surface area contributed by atoms with Gasteiger partial charge in [0.15, 0.2) is 0 Å². The van der Waals surface area contributed by atoms with Gasteiger partial charge in [-0.3, -0.25) is 4.90 Å². The highest BCUT2D eigenvalue weighted by Crippen LogP contribution is 2.22. The van der Waals surface area contributed by atoms with Crippen molar-refractivity contribution in [3.63, 3.8) is 0 Å². The van der Waals surface area contributed by atoms with Crippen LogP contribution in [0.15, 0.2) is 53.4 Å². The van der Waals surface area contributed by atoms with Crippen LogP contribution in [-0.4, -0.2) is 17.2 Å². The molecule has 20 heavy (non-hydrogen) atoms. The highest BCUT2D eigenvalue weighted by atomic mass is 32.2. The van der Waals surface area contributed by atoms with E-state index in [4.69, 9.17) is 0 Å². The molecule has 0 N–H and O–H groups in total. The minimum Gasteiger partial charge on any atom is -0.294 e.